The molecule has 0 atom stereocenters. The van der Waals surface area contributed by atoms with E-state index in [4.69, 9.17) is 0 Å². The van der Waals surface area contributed by atoms with Crippen molar-refractivity contribution in [3.63, 3.8) is 0 Å². The summed E-state index contributed by atoms with van der Waals surface area (Å²) in [6.07, 6.45) is -6.75. The molecule has 0 aliphatic carbocycles. The number of aryl methyl sites for hydroxylation is 1. The van der Waals surface area contributed by atoms with Gasteiger partial charge >= 0.3 is 12.4 Å². The number of alkyl halides is 6. The summed E-state index contributed by atoms with van der Waals surface area (Å²) in [5.41, 5.74) is -2.35. The number of aliphatic hydroxyl groups is 1. The molecule has 0 aliphatic heterocycles. The molecule has 0 amide bonds. The molecule has 44 heavy (non-hydrogen) atoms. The van der Waals surface area contributed by atoms with Gasteiger partial charge in [-0.05, 0) is 54.4 Å². The zero-order valence-electron chi connectivity index (χ0n) is 22.6. The molecular formula is C28H20F7N5O3S. The summed E-state index contributed by atoms with van der Waals surface area (Å²) < 4.78 is 123. The van der Waals surface area contributed by atoms with Crippen molar-refractivity contribution in [1.82, 2.24) is 24.5 Å². The van der Waals surface area contributed by atoms with Crippen LogP contribution in [0.25, 0.3) is 33.8 Å². The molecule has 2 aromatic heterocycles. The molecule has 5 aromatic rings. The van der Waals surface area contributed by atoms with Gasteiger partial charge in [-0.25, -0.2) is 22.5 Å². The lowest BCUT2D eigenvalue weighted by Gasteiger charge is -2.17. The summed E-state index contributed by atoms with van der Waals surface area (Å²) in [5.74, 6) is -1.12. The number of imidazole rings is 1. The molecule has 2 heterocycles. The number of benzene rings is 3. The summed E-state index contributed by atoms with van der Waals surface area (Å²) >= 11 is 0. The second-order valence-electron chi connectivity index (χ2n) is 9.72. The molecule has 0 fully saturated rings. The predicted molar refractivity (Wildman–Crippen MR) is 143 cm³/mol. The Balaban J connectivity index is 1.78. The second-order valence-corrected chi connectivity index (χ2v) is 11.7. The fourth-order valence-electron chi connectivity index (χ4n) is 4.66. The molecule has 0 bridgehead atoms. The number of aliphatic hydroxyl groups excluding tert-OH is 1. The van der Waals surface area contributed by atoms with Gasteiger partial charge in [0.2, 0.25) is 0 Å². The highest BCUT2D eigenvalue weighted by Gasteiger charge is 2.35. The van der Waals surface area contributed by atoms with Crippen LogP contribution in [0.1, 0.15) is 22.6 Å². The maximum Gasteiger partial charge on any atom is 0.434 e. The minimum absolute atomic E-state index is 0.00538. The average molecular weight is 640 g/mol. The number of halogens is 7. The normalized spacial score (nSPS) is 12.6. The van der Waals surface area contributed by atoms with Gasteiger partial charge < -0.3 is 9.67 Å². The van der Waals surface area contributed by atoms with Gasteiger partial charge in [0.05, 0.1) is 40.3 Å². The molecule has 16 heteroatoms. The molecular weight excluding hydrogens is 619 g/mol. The molecule has 0 radical (unpaired) electrons. The van der Waals surface area contributed by atoms with Crippen LogP contribution < -0.4 is 0 Å². The van der Waals surface area contributed by atoms with Crippen molar-refractivity contribution in [3.8, 4) is 33.8 Å². The Labute approximate surface area is 244 Å². The zero-order chi connectivity index (χ0) is 32.2. The smallest absolute Gasteiger partial charge is 0.392 e. The van der Waals surface area contributed by atoms with Crippen molar-refractivity contribution in [1.29, 1.82) is 0 Å². The number of hydrogen-bond donors (Lipinski definition) is 1. The first-order valence-electron chi connectivity index (χ1n) is 12.5. The lowest BCUT2D eigenvalue weighted by Crippen LogP contribution is -2.09. The molecule has 5 rings (SSSR count). The number of aromatic nitrogens is 5. The van der Waals surface area contributed by atoms with E-state index >= 15 is 0 Å². The summed E-state index contributed by atoms with van der Waals surface area (Å²) in [4.78, 5) is 3.10. The van der Waals surface area contributed by atoms with Gasteiger partial charge in [0.25, 0.3) is 0 Å². The second kappa shape index (κ2) is 10.9. The van der Waals surface area contributed by atoms with Crippen LogP contribution in [0.3, 0.4) is 0 Å². The van der Waals surface area contributed by atoms with Crippen LogP contribution >= 0.6 is 0 Å². The maximum absolute atomic E-state index is 15.0. The van der Waals surface area contributed by atoms with Crippen molar-refractivity contribution in [2.45, 2.75) is 30.8 Å². The Morgan fingerprint density at radius 3 is 2.23 bits per heavy atom. The summed E-state index contributed by atoms with van der Waals surface area (Å²) in [7, 11) is -4.02. The van der Waals surface area contributed by atoms with Crippen molar-refractivity contribution in [2.24, 2.45) is 0 Å². The minimum atomic E-state index is -4.79. The summed E-state index contributed by atoms with van der Waals surface area (Å²) in [6, 6.07) is 10.4. The van der Waals surface area contributed by atoms with Crippen LogP contribution in [0.2, 0.25) is 0 Å². The first kappa shape index (κ1) is 30.9. The highest BCUT2D eigenvalue weighted by molar-refractivity contribution is 7.90. The topological polar surface area (TPSA) is 103 Å². The van der Waals surface area contributed by atoms with Gasteiger partial charge in [-0.15, -0.1) is 5.10 Å². The SMILES string of the molecule is Cc1nc(C(F)(F)F)cn1-c1ccc(-c2cc(F)c(CO)c(S(C)(=O)=O)c2)cc1-n1nncc1-c1cccc(C(F)(F)F)c1. The molecule has 0 saturated heterocycles. The number of sulfone groups is 1. The van der Waals surface area contributed by atoms with Crippen LogP contribution in [0.15, 0.2) is 71.9 Å². The largest absolute Gasteiger partial charge is 0.434 e. The first-order valence-corrected chi connectivity index (χ1v) is 14.4. The van der Waals surface area contributed by atoms with E-state index in [9.17, 15) is 44.3 Å². The maximum atomic E-state index is 15.0. The number of hydrogen-bond acceptors (Lipinski definition) is 6. The Morgan fingerprint density at radius 2 is 1.61 bits per heavy atom. The van der Waals surface area contributed by atoms with Gasteiger partial charge in [-0.1, -0.05) is 23.4 Å². The van der Waals surface area contributed by atoms with Crippen molar-refractivity contribution >= 4 is 9.84 Å². The van der Waals surface area contributed by atoms with E-state index in [0.29, 0.717) is 0 Å². The third kappa shape index (κ3) is 5.81. The van der Waals surface area contributed by atoms with E-state index in [0.717, 1.165) is 52.2 Å². The molecule has 8 nitrogen and oxygen atoms in total. The summed E-state index contributed by atoms with van der Waals surface area (Å²) in [6.45, 7) is 0.406. The van der Waals surface area contributed by atoms with Crippen molar-refractivity contribution in [3.05, 3.63) is 95.5 Å². The van der Waals surface area contributed by atoms with Crippen LogP contribution in [-0.4, -0.2) is 44.3 Å². The lowest BCUT2D eigenvalue weighted by molar-refractivity contribution is -0.141. The van der Waals surface area contributed by atoms with Crippen LogP contribution in [0, 0.1) is 12.7 Å². The van der Waals surface area contributed by atoms with E-state index in [1.807, 2.05) is 0 Å². The van der Waals surface area contributed by atoms with Gasteiger partial charge in [-0.3, -0.25) is 0 Å². The Morgan fingerprint density at radius 1 is 0.886 bits per heavy atom. The highest BCUT2D eigenvalue weighted by Crippen LogP contribution is 2.36. The van der Waals surface area contributed by atoms with E-state index in [1.54, 1.807) is 0 Å². The molecule has 1 N–H and O–H groups in total. The van der Waals surface area contributed by atoms with E-state index < -0.39 is 56.3 Å². The Bertz CT molecular complexity index is 2000. The third-order valence-electron chi connectivity index (χ3n) is 6.72. The first-order chi connectivity index (χ1) is 20.5. The van der Waals surface area contributed by atoms with Gasteiger partial charge in [-0.2, -0.15) is 26.3 Å². The van der Waals surface area contributed by atoms with Crippen LogP contribution in [-0.2, 0) is 28.8 Å². The fraction of sp³-hybridized carbons (Fsp3) is 0.179. The van der Waals surface area contributed by atoms with Crippen molar-refractivity contribution < 1.29 is 44.3 Å². The van der Waals surface area contributed by atoms with Gasteiger partial charge in [0, 0.05) is 23.6 Å². The Hall–Kier alpha value is -4.57. The Kier molecular flexibility index (Phi) is 7.62. The lowest BCUT2D eigenvalue weighted by atomic mass is 10.0. The van der Waals surface area contributed by atoms with E-state index in [-0.39, 0.29) is 39.6 Å². The molecule has 0 unspecified atom stereocenters. The number of rotatable bonds is 6. The number of nitrogens with zero attached hydrogens (tertiary/aromatic N) is 5. The minimum Gasteiger partial charge on any atom is -0.392 e. The standard InChI is InChI=1S/C28H20F7N5O3S/c1-15-37-26(28(33,34)35)13-39(15)22-7-6-16(18-9-21(29)20(14-41)25(11-18)44(2,42)43)10-23(22)40-24(12-36-38-40)17-4-3-5-19(8-17)27(30,31)32/h3-13,41H,14H2,1-2H3. The zero-order valence-corrected chi connectivity index (χ0v) is 23.4. The average Bonchev–Trinajstić information content (AvgIpc) is 3.58. The van der Waals surface area contributed by atoms with Crippen LogP contribution in [0.5, 0.6) is 0 Å². The molecule has 0 aliphatic rings. The fourth-order valence-corrected chi connectivity index (χ4v) is 5.61. The monoisotopic (exact) mass is 639 g/mol. The molecule has 230 valence electrons. The molecule has 3 aromatic carbocycles. The van der Waals surface area contributed by atoms with Crippen LogP contribution in [0.4, 0.5) is 30.7 Å². The molecule has 0 saturated carbocycles. The van der Waals surface area contributed by atoms with Crippen molar-refractivity contribution in [2.75, 3.05) is 6.26 Å². The highest BCUT2D eigenvalue weighted by atomic mass is 32.2. The van der Waals surface area contributed by atoms with E-state index in [1.165, 1.54) is 37.3 Å². The summed E-state index contributed by atoms with van der Waals surface area (Å²) in [5, 5.41) is 17.4. The predicted octanol–water partition coefficient (Wildman–Crippen LogP) is 6.17. The van der Waals surface area contributed by atoms with Gasteiger partial charge in [0.1, 0.15) is 11.6 Å². The third-order valence-corrected chi connectivity index (χ3v) is 7.88. The van der Waals surface area contributed by atoms with E-state index in [2.05, 4.69) is 15.3 Å². The quantitative estimate of drug-likeness (QED) is 0.223. The van der Waals surface area contributed by atoms with Gasteiger partial charge in [0.15, 0.2) is 15.5 Å². The molecule has 0 spiro atoms.